The molecule has 0 spiro atoms. The van der Waals surface area contributed by atoms with Gasteiger partial charge in [0.25, 0.3) is 0 Å². The quantitative estimate of drug-likeness (QED) is 0.433. The number of rotatable bonds is 2. The van der Waals surface area contributed by atoms with Crippen LogP contribution in [0, 0.1) is 0 Å². The molecule has 0 atom stereocenters. The molecule has 0 aliphatic rings. The zero-order valence-electron chi connectivity index (χ0n) is 13.4. The Labute approximate surface area is 149 Å². The average molecular weight is 341 g/mol. The van der Waals surface area contributed by atoms with Crippen LogP contribution in [0.15, 0.2) is 78.3 Å². The number of benzene rings is 3. The van der Waals surface area contributed by atoms with Crippen LogP contribution in [0.25, 0.3) is 38.2 Å². The summed E-state index contributed by atoms with van der Waals surface area (Å²) in [6.07, 6.45) is 2.09. The lowest BCUT2D eigenvalue weighted by atomic mass is 10.1. The maximum absolute atomic E-state index is 5.91. The molecule has 3 aromatic carbocycles. The van der Waals surface area contributed by atoms with Gasteiger partial charge in [0.2, 0.25) is 0 Å². The summed E-state index contributed by atoms with van der Waals surface area (Å²) < 4.78 is 2.16. The second kappa shape index (κ2) is 5.46. The molecule has 5 aromatic rings. The summed E-state index contributed by atoms with van der Waals surface area (Å²) in [6, 6.07) is 22.9. The molecule has 2 aromatic heterocycles. The summed E-state index contributed by atoms with van der Waals surface area (Å²) in [5.74, 6) is 0. The van der Waals surface area contributed by atoms with Crippen molar-refractivity contribution < 1.29 is 0 Å². The van der Waals surface area contributed by atoms with Gasteiger partial charge in [0, 0.05) is 28.4 Å². The lowest BCUT2D eigenvalue weighted by Crippen LogP contribution is -1.85. The van der Waals surface area contributed by atoms with Crippen molar-refractivity contribution >= 4 is 32.8 Å². The van der Waals surface area contributed by atoms with E-state index in [0.29, 0.717) is 0 Å². The summed E-state index contributed by atoms with van der Waals surface area (Å²) in [7, 11) is 0. The molecule has 0 aliphatic carbocycles. The van der Waals surface area contributed by atoms with Crippen LogP contribution in [-0.4, -0.2) is 9.38 Å². The molecule has 120 valence electrons. The van der Waals surface area contributed by atoms with E-state index in [0.717, 1.165) is 27.6 Å². The fourth-order valence-electron chi connectivity index (χ4n) is 3.18. The lowest BCUT2D eigenvalue weighted by Gasteiger charge is -2.03. The number of fused-ring (bicyclic) bond motifs is 2. The predicted molar refractivity (Wildman–Crippen MR) is 106 cm³/mol. The van der Waals surface area contributed by atoms with Gasteiger partial charge in [0.05, 0.1) is 11.4 Å². The molecule has 5 rings (SSSR count). The number of thiazole rings is 1. The first kappa shape index (κ1) is 14.3. The summed E-state index contributed by atoms with van der Waals surface area (Å²) in [6.45, 7) is 0. The van der Waals surface area contributed by atoms with Crippen LogP contribution in [0.5, 0.6) is 0 Å². The third-order valence-electron chi connectivity index (χ3n) is 4.44. The number of imidazole rings is 1. The van der Waals surface area contributed by atoms with Crippen molar-refractivity contribution in [1.82, 2.24) is 9.38 Å². The van der Waals surface area contributed by atoms with Gasteiger partial charge in [0.15, 0.2) is 4.96 Å². The minimum atomic E-state index is 0.753. The molecule has 25 heavy (non-hydrogen) atoms. The van der Waals surface area contributed by atoms with Crippen molar-refractivity contribution in [3.05, 3.63) is 78.3 Å². The number of nitrogens with zero attached hydrogens (tertiary/aromatic N) is 2. The highest BCUT2D eigenvalue weighted by Gasteiger charge is 2.11. The Hall–Kier alpha value is -3.11. The Balaban J connectivity index is 1.66. The topological polar surface area (TPSA) is 43.3 Å². The molecule has 4 heteroatoms. The molecule has 0 radical (unpaired) electrons. The third kappa shape index (κ3) is 2.39. The highest BCUT2D eigenvalue weighted by molar-refractivity contribution is 7.15. The molecule has 2 N–H and O–H groups in total. The van der Waals surface area contributed by atoms with Gasteiger partial charge >= 0.3 is 0 Å². The van der Waals surface area contributed by atoms with Gasteiger partial charge in [-0.05, 0) is 29.0 Å². The van der Waals surface area contributed by atoms with E-state index in [1.54, 1.807) is 11.3 Å². The monoisotopic (exact) mass is 341 g/mol. The summed E-state index contributed by atoms with van der Waals surface area (Å²) >= 11 is 1.65. The van der Waals surface area contributed by atoms with Gasteiger partial charge in [-0.2, -0.15) is 0 Å². The maximum Gasteiger partial charge on any atom is 0.194 e. The number of hydrogen-bond donors (Lipinski definition) is 1. The Morgan fingerprint density at radius 2 is 1.72 bits per heavy atom. The van der Waals surface area contributed by atoms with Gasteiger partial charge in [0.1, 0.15) is 0 Å². The van der Waals surface area contributed by atoms with E-state index in [-0.39, 0.29) is 0 Å². The Kier molecular flexibility index (Phi) is 3.11. The van der Waals surface area contributed by atoms with Gasteiger partial charge in [-0.1, -0.05) is 48.5 Å². The van der Waals surface area contributed by atoms with E-state index in [1.165, 1.54) is 16.3 Å². The fourth-order valence-corrected chi connectivity index (χ4v) is 4.06. The Morgan fingerprint density at radius 1 is 0.840 bits per heavy atom. The number of anilines is 1. The second-order valence-electron chi connectivity index (χ2n) is 6.09. The van der Waals surface area contributed by atoms with Crippen LogP contribution in [0.2, 0.25) is 0 Å². The van der Waals surface area contributed by atoms with Crippen LogP contribution < -0.4 is 5.73 Å². The number of hydrogen-bond acceptors (Lipinski definition) is 3. The molecule has 2 heterocycles. The summed E-state index contributed by atoms with van der Waals surface area (Å²) in [5.41, 5.74) is 11.0. The van der Waals surface area contributed by atoms with Crippen LogP contribution >= 0.6 is 11.3 Å². The normalized spacial score (nSPS) is 11.4. The number of nitrogens with two attached hydrogens (primary N) is 1. The van der Waals surface area contributed by atoms with E-state index in [4.69, 9.17) is 10.7 Å². The predicted octanol–water partition coefficient (Wildman–Crippen LogP) is 5.47. The van der Waals surface area contributed by atoms with E-state index in [9.17, 15) is 0 Å². The van der Waals surface area contributed by atoms with Crippen molar-refractivity contribution in [1.29, 1.82) is 0 Å². The molecular formula is C21H15N3S. The molecular weight excluding hydrogens is 326 g/mol. The van der Waals surface area contributed by atoms with Crippen molar-refractivity contribution in [2.75, 3.05) is 5.73 Å². The van der Waals surface area contributed by atoms with Gasteiger partial charge in [-0.25, -0.2) is 4.98 Å². The van der Waals surface area contributed by atoms with Crippen LogP contribution in [0.3, 0.4) is 0 Å². The molecule has 0 fully saturated rings. The van der Waals surface area contributed by atoms with E-state index < -0.39 is 0 Å². The minimum Gasteiger partial charge on any atom is -0.399 e. The Bertz CT molecular complexity index is 1220. The smallest absolute Gasteiger partial charge is 0.194 e. The first-order chi connectivity index (χ1) is 12.3. The zero-order valence-corrected chi connectivity index (χ0v) is 14.2. The Morgan fingerprint density at radius 3 is 2.60 bits per heavy atom. The largest absolute Gasteiger partial charge is 0.399 e. The minimum absolute atomic E-state index is 0.753. The molecule has 0 saturated carbocycles. The lowest BCUT2D eigenvalue weighted by molar-refractivity contribution is 1.24. The van der Waals surface area contributed by atoms with Crippen molar-refractivity contribution in [3.8, 4) is 22.5 Å². The molecule has 3 nitrogen and oxygen atoms in total. The highest BCUT2D eigenvalue weighted by Crippen LogP contribution is 2.31. The molecule has 0 unspecified atom stereocenters. The standard InChI is InChI=1S/C21H15N3S/c22-18-7-3-6-16(11-18)19-12-24-20(13-25-21(24)23-19)17-9-8-14-4-1-2-5-15(14)10-17/h1-13H,22H2. The SMILES string of the molecule is Nc1cccc(-c2cn3c(-c4ccc5ccccc5c4)csc3n2)c1. The van der Waals surface area contributed by atoms with Crippen molar-refractivity contribution in [3.63, 3.8) is 0 Å². The average Bonchev–Trinajstić information content (AvgIpc) is 3.22. The van der Waals surface area contributed by atoms with Gasteiger partial charge in [-0.3, -0.25) is 4.40 Å². The first-order valence-corrected chi connectivity index (χ1v) is 8.97. The van der Waals surface area contributed by atoms with E-state index >= 15 is 0 Å². The molecule has 0 saturated heterocycles. The zero-order chi connectivity index (χ0) is 16.8. The highest BCUT2D eigenvalue weighted by atomic mass is 32.1. The first-order valence-electron chi connectivity index (χ1n) is 8.10. The third-order valence-corrected chi connectivity index (χ3v) is 5.28. The summed E-state index contributed by atoms with van der Waals surface area (Å²) in [5, 5.41) is 4.66. The molecule has 0 amide bonds. The van der Waals surface area contributed by atoms with E-state index in [2.05, 4.69) is 58.4 Å². The summed E-state index contributed by atoms with van der Waals surface area (Å²) in [4.78, 5) is 5.75. The van der Waals surface area contributed by atoms with Crippen molar-refractivity contribution in [2.24, 2.45) is 0 Å². The number of aromatic nitrogens is 2. The number of nitrogen functional groups attached to an aromatic ring is 1. The molecule has 0 bridgehead atoms. The fraction of sp³-hybridized carbons (Fsp3) is 0. The van der Waals surface area contributed by atoms with Crippen LogP contribution in [0.1, 0.15) is 0 Å². The van der Waals surface area contributed by atoms with Crippen LogP contribution in [0.4, 0.5) is 5.69 Å². The van der Waals surface area contributed by atoms with Gasteiger partial charge < -0.3 is 5.73 Å². The second-order valence-corrected chi connectivity index (χ2v) is 6.92. The van der Waals surface area contributed by atoms with Crippen LogP contribution in [-0.2, 0) is 0 Å². The van der Waals surface area contributed by atoms with Crippen molar-refractivity contribution in [2.45, 2.75) is 0 Å². The molecule has 0 aliphatic heterocycles. The van der Waals surface area contributed by atoms with Gasteiger partial charge in [-0.15, -0.1) is 11.3 Å². The van der Waals surface area contributed by atoms with E-state index in [1.807, 2.05) is 24.3 Å². The maximum atomic E-state index is 5.91.